The van der Waals surface area contributed by atoms with Crippen molar-refractivity contribution in [3.8, 4) is 0 Å². The molecule has 0 amide bonds. The van der Waals surface area contributed by atoms with E-state index in [1.54, 1.807) is 11.8 Å². The van der Waals surface area contributed by atoms with E-state index in [9.17, 15) is 5.11 Å². The average molecular weight is 263 g/mol. The third-order valence-electron chi connectivity index (χ3n) is 2.76. The lowest BCUT2D eigenvalue weighted by Gasteiger charge is -2.17. The van der Waals surface area contributed by atoms with Gasteiger partial charge in [0.1, 0.15) is 0 Å². The Morgan fingerprint density at radius 1 is 1.59 bits per heavy atom. The van der Waals surface area contributed by atoms with E-state index in [1.807, 2.05) is 0 Å². The summed E-state index contributed by atoms with van der Waals surface area (Å²) in [4.78, 5) is 0. The van der Waals surface area contributed by atoms with Crippen molar-refractivity contribution in [1.82, 2.24) is 5.32 Å². The van der Waals surface area contributed by atoms with E-state index in [4.69, 9.17) is 9.47 Å². The lowest BCUT2D eigenvalue weighted by Crippen LogP contribution is -2.37. The summed E-state index contributed by atoms with van der Waals surface area (Å²) in [5.74, 6) is 1.06. The van der Waals surface area contributed by atoms with Crippen molar-refractivity contribution in [1.29, 1.82) is 0 Å². The monoisotopic (exact) mass is 263 g/mol. The van der Waals surface area contributed by atoms with Crippen LogP contribution in [-0.2, 0) is 9.47 Å². The first-order chi connectivity index (χ1) is 8.22. The molecule has 0 aromatic heterocycles. The molecule has 1 aliphatic rings. The first kappa shape index (κ1) is 15.2. The van der Waals surface area contributed by atoms with Gasteiger partial charge in [-0.2, -0.15) is 11.8 Å². The molecule has 102 valence electrons. The van der Waals surface area contributed by atoms with Gasteiger partial charge < -0.3 is 19.9 Å². The fourth-order valence-electron chi connectivity index (χ4n) is 1.82. The molecule has 0 saturated carbocycles. The molecule has 1 rings (SSSR count). The highest BCUT2D eigenvalue weighted by Gasteiger charge is 2.16. The Balaban J connectivity index is 1.94. The number of rotatable bonds is 9. The van der Waals surface area contributed by atoms with Gasteiger partial charge >= 0.3 is 0 Å². The number of aliphatic hydroxyl groups is 1. The Morgan fingerprint density at radius 2 is 2.41 bits per heavy atom. The number of nitrogens with one attached hydrogen (secondary N) is 1. The van der Waals surface area contributed by atoms with Gasteiger partial charge in [0, 0.05) is 24.9 Å². The molecule has 0 aliphatic carbocycles. The Morgan fingerprint density at radius 3 is 3.06 bits per heavy atom. The molecule has 3 unspecified atom stereocenters. The van der Waals surface area contributed by atoms with Crippen LogP contribution in [0.1, 0.15) is 19.8 Å². The standard InChI is InChI=1S/C12H25NO3S/c1-10(9-17-2)13-6-11(14)7-15-8-12-4-3-5-16-12/h10-14H,3-9H2,1-2H3. The second-order valence-electron chi connectivity index (χ2n) is 4.59. The van der Waals surface area contributed by atoms with Crippen LogP contribution < -0.4 is 5.32 Å². The van der Waals surface area contributed by atoms with Crippen LogP contribution >= 0.6 is 11.8 Å². The molecular formula is C12H25NO3S. The topological polar surface area (TPSA) is 50.7 Å². The molecule has 0 bridgehead atoms. The first-order valence-electron chi connectivity index (χ1n) is 6.32. The van der Waals surface area contributed by atoms with E-state index >= 15 is 0 Å². The molecule has 2 N–H and O–H groups in total. The third-order valence-corrected chi connectivity index (χ3v) is 3.59. The number of thioether (sulfide) groups is 1. The van der Waals surface area contributed by atoms with Gasteiger partial charge in [-0.05, 0) is 26.0 Å². The van der Waals surface area contributed by atoms with Crippen molar-refractivity contribution in [2.75, 3.05) is 38.4 Å². The minimum atomic E-state index is -0.430. The third kappa shape index (κ3) is 7.26. The highest BCUT2D eigenvalue weighted by atomic mass is 32.2. The fraction of sp³-hybridized carbons (Fsp3) is 1.00. The van der Waals surface area contributed by atoms with E-state index < -0.39 is 6.10 Å². The fourth-order valence-corrected chi connectivity index (χ4v) is 2.43. The van der Waals surface area contributed by atoms with E-state index in [0.717, 1.165) is 25.2 Å². The molecule has 1 fully saturated rings. The molecule has 1 aliphatic heterocycles. The van der Waals surface area contributed by atoms with Gasteiger partial charge in [0.15, 0.2) is 0 Å². The quantitative estimate of drug-likeness (QED) is 0.647. The lowest BCUT2D eigenvalue weighted by molar-refractivity contribution is -0.0167. The van der Waals surface area contributed by atoms with Crippen LogP contribution in [0.2, 0.25) is 0 Å². The van der Waals surface area contributed by atoms with Crippen molar-refractivity contribution in [3.63, 3.8) is 0 Å². The predicted octanol–water partition coefficient (Wildman–Crippen LogP) is 0.884. The second kappa shape index (κ2) is 9.16. The Kier molecular flexibility index (Phi) is 8.22. The zero-order valence-electron chi connectivity index (χ0n) is 10.9. The smallest absolute Gasteiger partial charge is 0.0897 e. The molecule has 0 radical (unpaired) electrons. The van der Waals surface area contributed by atoms with Crippen LogP contribution in [-0.4, -0.2) is 61.7 Å². The highest BCUT2D eigenvalue weighted by molar-refractivity contribution is 7.98. The largest absolute Gasteiger partial charge is 0.389 e. The molecule has 4 nitrogen and oxygen atoms in total. The van der Waals surface area contributed by atoms with Crippen LogP contribution in [0, 0.1) is 0 Å². The van der Waals surface area contributed by atoms with Gasteiger partial charge in [0.25, 0.3) is 0 Å². The SMILES string of the molecule is CSCC(C)NCC(O)COCC1CCCO1. The van der Waals surface area contributed by atoms with Crippen LogP contribution in [0.4, 0.5) is 0 Å². The maximum Gasteiger partial charge on any atom is 0.0897 e. The highest BCUT2D eigenvalue weighted by Crippen LogP contribution is 2.11. The number of hydrogen-bond donors (Lipinski definition) is 2. The lowest BCUT2D eigenvalue weighted by atomic mass is 10.2. The molecule has 1 heterocycles. The molecule has 0 aromatic rings. The average Bonchev–Trinajstić information content (AvgIpc) is 2.80. The van der Waals surface area contributed by atoms with E-state index in [1.165, 1.54) is 0 Å². The normalized spacial score (nSPS) is 23.8. The summed E-state index contributed by atoms with van der Waals surface area (Å²) in [6, 6.07) is 0.429. The van der Waals surface area contributed by atoms with Crippen molar-refractivity contribution in [2.24, 2.45) is 0 Å². The summed E-state index contributed by atoms with van der Waals surface area (Å²) in [5, 5.41) is 13.0. The van der Waals surface area contributed by atoms with Crippen LogP contribution in [0.15, 0.2) is 0 Å². The minimum absolute atomic E-state index is 0.241. The summed E-state index contributed by atoms with van der Waals surface area (Å²) in [6.07, 6.45) is 4.11. The van der Waals surface area contributed by atoms with Crippen molar-refractivity contribution in [2.45, 2.75) is 38.0 Å². The van der Waals surface area contributed by atoms with Gasteiger partial charge in [-0.25, -0.2) is 0 Å². The van der Waals surface area contributed by atoms with Crippen LogP contribution in [0.3, 0.4) is 0 Å². The molecule has 3 atom stereocenters. The maximum absolute atomic E-state index is 9.71. The van der Waals surface area contributed by atoms with Gasteiger partial charge in [-0.1, -0.05) is 0 Å². The molecule has 0 spiro atoms. The van der Waals surface area contributed by atoms with Crippen molar-refractivity contribution in [3.05, 3.63) is 0 Å². The van der Waals surface area contributed by atoms with Crippen LogP contribution in [0.5, 0.6) is 0 Å². The number of hydrogen-bond acceptors (Lipinski definition) is 5. The molecular weight excluding hydrogens is 238 g/mol. The molecule has 1 saturated heterocycles. The zero-order valence-corrected chi connectivity index (χ0v) is 11.7. The van der Waals surface area contributed by atoms with E-state index in [2.05, 4.69) is 18.5 Å². The Hall–Kier alpha value is 0.190. The minimum Gasteiger partial charge on any atom is -0.389 e. The number of ether oxygens (including phenoxy) is 2. The molecule has 17 heavy (non-hydrogen) atoms. The first-order valence-corrected chi connectivity index (χ1v) is 7.71. The summed E-state index contributed by atoms with van der Waals surface area (Å²) < 4.78 is 10.9. The Bertz CT molecular complexity index is 189. The summed E-state index contributed by atoms with van der Waals surface area (Å²) in [7, 11) is 0. The summed E-state index contributed by atoms with van der Waals surface area (Å²) >= 11 is 1.80. The van der Waals surface area contributed by atoms with Crippen molar-refractivity contribution < 1.29 is 14.6 Å². The van der Waals surface area contributed by atoms with E-state index in [-0.39, 0.29) is 6.10 Å². The van der Waals surface area contributed by atoms with Gasteiger partial charge in [-0.15, -0.1) is 0 Å². The van der Waals surface area contributed by atoms with Gasteiger partial charge in [0.2, 0.25) is 0 Å². The van der Waals surface area contributed by atoms with Crippen molar-refractivity contribution >= 4 is 11.8 Å². The van der Waals surface area contributed by atoms with E-state index in [0.29, 0.717) is 25.8 Å². The second-order valence-corrected chi connectivity index (χ2v) is 5.50. The maximum atomic E-state index is 9.71. The summed E-state index contributed by atoms with van der Waals surface area (Å²) in [6.45, 7) is 4.56. The zero-order chi connectivity index (χ0) is 12.5. The summed E-state index contributed by atoms with van der Waals surface area (Å²) in [5.41, 5.74) is 0. The number of aliphatic hydroxyl groups excluding tert-OH is 1. The molecule has 5 heteroatoms. The van der Waals surface area contributed by atoms with Gasteiger partial charge in [0.05, 0.1) is 25.4 Å². The van der Waals surface area contributed by atoms with Gasteiger partial charge in [-0.3, -0.25) is 0 Å². The Labute approximate surface area is 108 Å². The predicted molar refractivity (Wildman–Crippen MR) is 71.6 cm³/mol. The van der Waals surface area contributed by atoms with Crippen LogP contribution in [0.25, 0.3) is 0 Å². The molecule has 0 aromatic carbocycles.